The van der Waals surface area contributed by atoms with Crippen LogP contribution in [0.4, 0.5) is 0 Å². The SMILES string of the molecule is Cc1ccc(C)n1-c1ccc(C(=O)NCC(C)(C)C(N)=O)cc1. The third-order valence-corrected chi connectivity index (χ3v) is 4.02. The lowest BCUT2D eigenvalue weighted by molar-refractivity contribution is -0.125. The van der Waals surface area contributed by atoms with Gasteiger partial charge in [-0.3, -0.25) is 9.59 Å². The number of hydrogen-bond donors (Lipinski definition) is 2. The Morgan fingerprint density at radius 2 is 1.57 bits per heavy atom. The van der Waals surface area contributed by atoms with Crippen molar-refractivity contribution in [3.05, 3.63) is 53.3 Å². The molecule has 0 bridgehead atoms. The third-order valence-electron chi connectivity index (χ3n) is 4.02. The summed E-state index contributed by atoms with van der Waals surface area (Å²) in [7, 11) is 0. The van der Waals surface area contributed by atoms with Gasteiger partial charge in [0.2, 0.25) is 5.91 Å². The van der Waals surface area contributed by atoms with Gasteiger partial charge in [-0.2, -0.15) is 0 Å². The second-order valence-electron chi connectivity index (χ2n) is 6.43. The average Bonchev–Trinajstić information content (AvgIpc) is 2.84. The fourth-order valence-electron chi connectivity index (χ4n) is 2.33. The predicted molar refractivity (Wildman–Crippen MR) is 90.6 cm³/mol. The van der Waals surface area contributed by atoms with Crippen LogP contribution in [-0.4, -0.2) is 22.9 Å². The predicted octanol–water partition coefficient (Wildman–Crippen LogP) is 2.34. The van der Waals surface area contributed by atoms with Crippen LogP contribution in [0.3, 0.4) is 0 Å². The van der Waals surface area contributed by atoms with Gasteiger partial charge in [-0.15, -0.1) is 0 Å². The van der Waals surface area contributed by atoms with E-state index in [4.69, 9.17) is 5.73 Å². The van der Waals surface area contributed by atoms with Crippen LogP contribution in [0.15, 0.2) is 36.4 Å². The minimum Gasteiger partial charge on any atom is -0.369 e. The first-order valence-corrected chi connectivity index (χ1v) is 7.56. The largest absolute Gasteiger partial charge is 0.369 e. The maximum absolute atomic E-state index is 12.2. The van der Waals surface area contributed by atoms with Gasteiger partial charge in [0.05, 0.1) is 5.41 Å². The Hall–Kier alpha value is -2.56. The van der Waals surface area contributed by atoms with Gasteiger partial charge in [-0.25, -0.2) is 0 Å². The molecule has 0 atom stereocenters. The number of benzene rings is 1. The molecule has 122 valence electrons. The summed E-state index contributed by atoms with van der Waals surface area (Å²) in [5.41, 5.74) is 8.38. The number of aryl methyl sites for hydroxylation is 2. The van der Waals surface area contributed by atoms with Crippen LogP contribution < -0.4 is 11.1 Å². The zero-order valence-electron chi connectivity index (χ0n) is 14.0. The van der Waals surface area contributed by atoms with E-state index in [1.165, 1.54) is 0 Å². The van der Waals surface area contributed by atoms with E-state index in [-0.39, 0.29) is 12.5 Å². The fourth-order valence-corrected chi connectivity index (χ4v) is 2.33. The third kappa shape index (κ3) is 3.62. The van der Waals surface area contributed by atoms with Crippen LogP contribution in [-0.2, 0) is 4.79 Å². The number of nitrogens with one attached hydrogen (secondary N) is 1. The van der Waals surface area contributed by atoms with Crippen molar-refractivity contribution in [1.82, 2.24) is 9.88 Å². The molecule has 23 heavy (non-hydrogen) atoms. The highest BCUT2D eigenvalue weighted by atomic mass is 16.2. The van der Waals surface area contributed by atoms with Crippen LogP contribution >= 0.6 is 0 Å². The minimum atomic E-state index is -0.769. The summed E-state index contributed by atoms with van der Waals surface area (Å²) in [6.45, 7) is 7.70. The number of amides is 2. The van der Waals surface area contributed by atoms with Gasteiger partial charge in [0, 0.05) is 29.2 Å². The molecule has 2 amide bonds. The van der Waals surface area contributed by atoms with E-state index in [1.807, 2.05) is 26.0 Å². The van der Waals surface area contributed by atoms with Crippen molar-refractivity contribution < 1.29 is 9.59 Å². The first-order valence-electron chi connectivity index (χ1n) is 7.56. The van der Waals surface area contributed by atoms with Crippen molar-refractivity contribution in [2.75, 3.05) is 6.54 Å². The number of nitrogens with two attached hydrogens (primary N) is 1. The summed E-state index contributed by atoms with van der Waals surface area (Å²) in [5, 5.41) is 2.75. The summed E-state index contributed by atoms with van der Waals surface area (Å²) < 4.78 is 2.12. The molecule has 5 heteroatoms. The number of rotatable bonds is 5. The molecule has 1 aromatic heterocycles. The molecule has 1 heterocycles. The normalized spacial score (nSPS) is 11.3. The zero-order valence-corrected chi connectivity index (χ0v) is 14.0. The van der Waals surface area contributed by atoms with Crippen molar-refractivity contribution >= 4 is 11.8 Å². The molecule has 0 aliphatic carbocycles. The number of hydrogen-bond acceptors (Lipinski definition) is 2. The molecule has 3 N–H and O–H groups in total. The summed E-state index contributed by atoms with van der Waals surface area (Å²) in [4.78, 5) is 23.5. The molecule has 0 unspecified atom stereocenters. The van der Waals surface area contributed by atoms with E-state index < -0.39 is 11.3 Å². The topological polar surface area (TPSA) is 77.1 Å². The minimum absolute atomic E-state index is 0.207. The molecular formula is C18H23N3O2. The fraction of sp³-hybridized carbons (Fsp3) is 0.333. The highest BCUT2D eigenvalue weighted by molar-refractivity contribution is 5.94. The zero-order chi connectivity index (χ0) is 17.2. The number of carbonyl (C=O) groups excluding carboxylic acids is 2. The first kappa shape index (κ1) is 16.8. The van der Waals surface area contributed by atoms with Crippen molar-refractivity contribution in [3.8, 4) is 5.69 Å². The monoisotopic (exact) mass is 313 g/mol. The summed E-state index contributed by atoms with van der Waals surface area (Å²) in [5.74, 6) is -0.654. The summed E-state index contributed by atoms with van der Waals surface area (Å²) in [6, 6.07) is 11.5. The molecule has 0 spiro atoms. The van der Waals surface area contributed by atoms with Crippen LogP contribution in [0.5, 0.6) is 0 Å². The standard InChI is InChI=1S/C18H23N3O2/c1-12-5-6-13(2)21(12)15-9-7-14(8-10-15)16(22)20-11-18(3,4)17(19)23/h5-10H,11H2,1-4H3,(H2,19,23)(H,20,22). The molecule has 5 nitrogen and oxygen atoms in total. The number of primary amides is 1. The Bertz CT molecular complexity index is 708. The molecule has 0 aliphatic heterocycles. The second kappa shape index (κ2) is 6.28. The maximum atomic E-state index is 12.2. The number of nitrogens with zero attached hydrogens (tertiary/aromatic N) is 1. The Balaban J connectivity index is 2.11. The Morgan fingerprint density at radius 1 is 1.04 bits per heavy atom. The molecule has 0 saturated carbocycles. The Kier molecular flexibility index (Phi) is 4.59. The van der Waals surface area contributed by atoms with Gasteiger partial charge < -0.3 is 15.6 Å². The van der Waals surface area contributed by atoms with E-state index in [9.17, 15) is 9.59 Å². The molecule has 1 aromatic carbocycles. The smallest absolute Gasteiger partial charge is 0.251 e. The summed E-state index contributed by atoms with van der Waals surface area (Å²) in [6.07, 6.45) is 0. The van der Waals surface area contributed by atoms with Crippen LogP contribution in [0, 0.1) is 19.3 Å². The lowest BCUT2D eigenvalue weighted by Crippen LogP contribution is -2.42. The van der Waals surface area contributed by atoms with Gasteiger partial charge in [0.25, 0.3) is 5.91 Å². The highest BCUT2D eigenvalue weighted by Gasteiger charge is 2.25. The maximum Gasteiger partial charge on any atom is 0.251 e. The van der Waals surface area contributed by atoms with Gasteiger partial charge in [-0.1, -0.05) is 0 Å². The molecule has 2 rings (SSSR count). The molecule has 2 aromatic rings. The van der Waals surface area contributed by atoms with E-state index in [0.717, 1.165) is 17.1 Å². The van der Waals surface area contributed by atoms with E-state index in [1.54, 1.807) is 26.0 Å². The molecule has 0 radical (unpaired) electrons. The Labute approximate surface area is 136 Å². The van der Waals surface area contributed by atoms with Crippen molar-refractivity contribution in [2.45, 2.75) is 27.7 Å². The lowest BCUT2D eigenvalue weighted by Gasteiger charge is -2.20. The lowest BCUT2D eigenvalue weighted by atomic mass is 9.92. The number of aromatic nitrogens is 1. The Morgan fingerprint density at radius 3 is 2.04 bits per heavy atom. The average molecular weight is 313 g/mol. The van der Waals surface area contributed by atoms with E-state index in [0.29, 0.717) is 5.56 Å². The van der Waals surface area contributed by atoms with Gasteiger partial charge >= 0.3 is 0 Å². The molecular weight excluding hydrogens is 290 g/mol. The van der Waals surface area contributed by atoms with Crippen molar-refractivity contribution in [2.24, 2.45) is 11.1 Å². The van der Waals surface area contributed by atoms with E-state index >= 15 is 0 Å². The molecule has 0 aliphatic rings. The van der Waals surface area contributed by atoms with Crippen LogP contribution in [0.2, 0.25) is 0 Å². The quantitative estimate of drug-likeness (QED) is 0.889. The number of carbonyl (C=O) groups is 2. The van der Waals surface area contributed by atoms with Gasteiger partial charge in [-0.05, 0) is 64.1 Å². The van der Waals surface area contributed by atoms with E-state index in [2.05, 4.69) is 22.0 Å². The van der Waals surface area contributed by atoms with Gasteiger partial charge in [0.15, 0.2) is 0 Å². The van der Waals surface area contributed by atoms with Crippen LogP contribution in [0.25, 0.3) is 5.69 Å². The molecule has 0 fully saturated rings. The summed E-state index contributed by atoms with van der Waals surface area (Å²) >= 11 is 0. The molecule has 0 saturated heterocycles. The second-order valence-corrected chi connectivity index (χ2v) is 6.43. The highest BCUT2D eigenvalue weighted by Crippen LogP contribution is 2.17. The van der Waals surface area contributed by atoms with Crippen molar-refractivity contribution in [3.63, 3.8) is 0 Å². The van der Waals surface area contributed by atoms with Crippen LogP contribution in [0.1, 0.15) is 35.6 Å². The first-order chi connectivity index (χ1) is 10.7. The van der Waals surface area contributed by atoms with Gasteiger partial charge in [0.1, 0.15) is 0 Å². The van der Waals surface area contributed by atoms with Crippen molar-refractivity contribution in [1.29, 1.82) is 0 Å².